The van der Waals surface area contributed by atoms with Crippen molar-refractivity contribution in [3.05, 3.63) is 59.2 Å². The quantitative estimate of drug-likeness (QED) is 0.595. The van der Waals surface area contributed by atoms with E-state index in [2.05, 4.69) is 35.0 Å². The first-order chi connectivity index (χ1) is 12.2. The van der Waals surface area contributed by atoms with Crippen LogP contribution in [-0.2, 0) is 4.74 Å². The minimum atomic E-state index is -0.300. The van der Waals surface area contributed by atoms with Crippen LogP contribution in [-0.4, -0.2) is 31.9 Å². The highest BCUT2D eigenvalue weighted by Gasteiger charge is 2.12. The highest BCUT2D eigenvalue weighted by molar-refractivity contribution is 5.90. The number of ether oxygens (including phenoxy) is 1. The van der Waals surface area contributed by atoms with Crippen LogP contribution in [0.2, 0.25) is 0 Å². The van der Waals surface area contributed by atoms with Crippen molar-refractivity contribution in [3.8, 4) is 0 Å². The van der Waals surface area contributed by atoms with Gasteiger partial charge in [-0.25, -0.2) is 4.79 Å². The smallest absolute Gasteiger partial charge is 0.338 e. The summed E-state index contributed by atoms with van der Waals surface area (Å²) in [7, 11) is 0. The van der Waals surface area contributed by atoms with Crippen LogP contribution < -0.4 is 4.90 Å². The molecule has 2 aromatic carbocycles. The first-order valence-electron chi connectivity index (χ1n) is 8.84. The molecule has 0 saturated carbocycles. The molecule has 1 heterocycles. The summed E-state index contributed by atoms with van der Waals surface area (Å²) in [6.45, 7) is 6.60. The fourth-order valence-corrected chi connectivity index (χ4v) is 3.02. The molecule has 0 atom stereocenters. The molecule has 1 aliphatic rings. The number of aliphatic imine (C=N–C) groups is 1. The summed E-state index contributed by atoms with van der Waals surface area (Å²) in [5.41, 5.74) is 4.99. The van der Waals surface area contributed by atoms with Gasteiger partial charge in [0.05, 0.1) is 17.9 Å². The van der Waals surface area contributed by atoms with Gasteiger partial charge in [-0.1, -0.05) is 6.07 Å². The Morgan fingerprint density at radius 1 is 1.16 bits per heavy atom. The second-order valence-corrected chi connectivity index (χ2v) is 6.26. The number of aryl methyl sites for hydroxylation is 1. The Kier molecular flexibility index (Phi) is 5.49. The van der Waals surface area contributed by atoms with E-state index in [1.54, 1.807) is 19.1 Å². The fraction of sp³-hybridized carbons (Fsp3) is 0.333. The standard InChI is InChI=1S/C21H24N2O2/c1-3-25-21(24)17-6-9-19(10-7-17)22-15-18-8-11-20(14-16(18)2)23-12-4-5-13-23/h6-11,14-15H,3-5,12-13H2,1-2H3. The summed E-state index contributed by atoms with van der Waals surface area (Å²) >= 11 is 0. The van der Waals surface area contributed by atoms with E-state index in [0.29, 0.717) is 12.2 Å². The van der Waals surface area contributed by atoms with E-state index in [-0.39, 0.29) is 5.97 Å². The van der Waals surface area contributed by atoms with Crippen LogP contribution in [0.25, 0.3) is 0 Å². The van der Waals surface area contributed by atoms with Crippen LogP contribution >= 0.6 is 0 Å². The van der Waals surface area contributed by atoms with Gasteiger partial charge < -0.3 is 9.64 Å². The Morgan fingerprint density at radius 2 is 1.88 bits per heavy atom. The first kappa shape index (κ1) is 17.2. The summed E-state index contributed by atoms with van der Waals surface area (Å²) in [6, 6.07) is 13.7. The van der Waals surface area contributed by atoms with Gasteiger partial charge in [0, 0.05) is 25.0 Å². The van der Waals surface area contributed by atoms with E-state index in [0.717, 1.165) is 24.3 Å². The zero-order chi connectivity index (χ0) is 17.6. The third kappa shape index (κ3) is 4.27. The minimum absolute atomic E-state index is 0.300. The molecule has 0 radical (unpaired) electrons. The molecule has 0 N–H and O–H groups in total. The topological polar surface area (TPSA) is 41.9 Å². The Morgan fingerprint density at radius 3 is 2.52 bits per heavy atom. The molecule has 0 amide bonds. The van der Waals surface area contributed by atoms with Crippen molar-refractivity contribution in [2.75, 3.05) is 24.6 Å². The van der Waals surface area contributed by atoms with Crippen molar-refractivity contribution < 1.29 is 9.53 Å². The SMILES string of the molecule is CCOC(=O)c1ccc(N=Cc2ccc(N3CCCC3)cc2C)cc1. The minimum Gasteiger partial charge on any atom is -0.462 e. The summed E-state index contributed by atoms with van der Waals surface area (Å²) in [5, 5.41) is 0. The molecule has 4 nitrogen and oxygen atoms in total. The van der Waals surface area contributed by atoms with Crippen LogP contribution in [0.4, 0.5) is 11.4 Å². The Labute approximate surface area is 149 Å². The highest BCUT2D eigenvalue weighted by Crippen LogP contribution is 2.23. The fourth-order valence-electron chi connectivity index (χ4n) is 3.02. The third-order valence-electron chi connectivity index (χ3n) is 4.46. The maximum atomic E-state index is 11.7. The number of anilines is 1. The number of carbonyl (C=O) groups excluding carboxylic acids is 1. The normalized spacial score (nSPS) is 14.2. The van der Waals surface area contributed by atoms with E-state index in [9.17, 15) is 4.79 Å². The summed E-state index contributed by atoms with van der Waals surface area (Å²) < 4.78 is 4.98. The maximum Gasteiger partial charge on any atom is 0.338 e. The van der Waals surface area contributed by atoms with E-state index in [1.165, 1.54) is 24.1 Å². The maximum absolute atomic E-state index is 11.7. The molecule has 1 fully saturated rings. The monoisotopic (exact) mass is 336 g/mol. The van der Waals surface area contributed by atoms with Gasteiger partial charge in [0.2, 0.25) is 0 Å². The van der Waals surface area contributed by atoms with Crippen molar-refractivity contribution in [1.29, 1.82) is 0 Å². The number of hydrogen-bond acceptors (Lipinski definition) is 4. The van der Waals surface area contributed by atoms with Crippen LogP contribution in [0.15, 0.2) is 47.5 Å². The third-order valence-corrected chi connectivity index (χ3v) is 4.46. The van der Waals surface area contributed by atoms with Crippen molar-refractivity contribution in [1.82, 2.24) is 0 Å². The number of hydrogen-bond donors (Lipinski definition) is 0. The zero-order valence-electron chi connectivity index (χ0n) is 14.9. The van der Waals surface area contributed by atoms with E-state index in [4.69, 9.17) is 4.74 Å². The molecule has 0 aliphatic carbocycles. The number of carbonyl (C=O) groups is 1. The lowest BCUT2D eigenvalue weighted by atomic mass is 10.1. The van der Waals surface area contributed by atoms with E-state index < -0.39 is 0 Å². The number of rotatable bonds is 5. The molecular formula is C21H24N2O2. The van der Waals surface area contributed by atoms with Gasteiger partial charge in [-0.05, 0) is 74.2 Å². The lowest BCUT2D eigenvalue weighted by Gasteiger charge is -2.18. The van der Waals surface area contributed by atoms with Crippen molar-refractivity contribution in [2.24, 2.45) is 4.99 Å². The Balaban J connectivity index is 1.70. The predicted molar refractivity (Wildman–Crippen MR) is 102 cm³/mol. The first-order valence-corrected chi connectivity index (χ1v) is 8.84. The summed E-state index contributed by atoms with van der Waals surface area (Å²) in [6.07, 6.45) is 4.44. The molecule has 0 aromatic heterocycles. The molecule has 0 spiro atoms. The van der Waals surface area contributed by atoms with Crippen LogP contribution in [0.1, 0.15) is 41.3 Å². The lowest BCUT2D eigenvalue weighted by molar-refractivity contribution is 0.0526. The average molecular weight is 336 g/mol. The molecular weight excluding hydrogens is 312 g/mol. The molecule has 25 heavy (non-hydrogen) atoms. The van der Waals surface area contributed by atoms with Gasteiger partial charge in [-0.3, -0.25) is 4.99 Å². The van der Waals surface area contributed by atoms with E-state index in [1.807, 2.05) is 18.3 Å². The zero-order valence-corrected chi connectivity index (χ0v) is 14.9. The van der Waals surface area contributed by atoms with Gasteiger partial charge in [0.15, 0.2) is 0 Å². The molecule has 2 aromatic rings. The second kappa shape index (κ2) is 7.97. The summed E-state index contributed by atoms with van der Waals surface area (Å²) in [4.78, 5) is 18.6. The van der Waals surface area contributed by atoms with Gasteiger partial charge >= 0.3 is 5.97 Å². The van der Waals surface area contributed by atoms with Crippen molar-refractivity contribution in [3.63, 3.8) is 0 Å². The highest BCUT2D eigenvalue weighted by atomic mass is 16.5. The van der Waals surface area contributed by atoms with Gasteiger partial charge in [-0.15, -0.1) is 0 Å². The predicted octanol–water partition coefficient (Wildman–Crippen LogP) is 4.52. The number of nitrogens with zero attached hydrogens (tertiary/aromatic N) is 2. The van der Waals surface area contributed by atoms with Crippen LogP contribution in [0, 0.1) is 6.92 Å². The number of esters is 1. The average Bonchev–Trinajstić information content (AvgIpc) is 3.16. The van der Waals surface area contributed by atoms with E-state index >= 15 is 0 Å². The molecule has 0 bridgehead atoms. The van der Waals surface area contributed by atoms with Gasteiger partial charge in [0.25, 0.3) is 0 Å². The molecule has 130 valence electrons. The number of benzene rings is 2. The van der Waals surface area contributed by atoms with Gasteiger partial charge in [0.1, 0.15) is 0 Å². The summed E-state index contributed by atoms with van der Waals surface area (Å²) in [5.74, 6) is -0.300. The van der Waals surface area contributed by atoms with Crippen molar-refractivity contribution >= 4 is 23.6 Å². The Hall–Kier alpha value is -2.62. The molecule has 1 saturated heterocycles. The van der Waals surface area contributed by atoms with Crippen molar-refractivity contribution in [2.45, 2.75) is 26.7 Å². The molecule has 3 rings (SSSR count). The largest absolute Gasteiger partial charge is 0.462 e. The molecule has 4 heteroatoms. The lowest BCUT2D eigenvalue weighted by Crippen LogP contribution is -2.17. The van der Waals surface area contributed by atoms with Crippen LogP contribution in [0.5, 0.6) is 0 Å². The van der Waals surface area contributed by atoms with Gasteiger partial charge in [-0.2, -0.15) is 0 Å². The Bertz CT molecular complexity index is 760. The molecule has 1 aliphatic heterocycles. The van der Waals surface area contributed by atoms with Crippen LogP contribution in [0.3, 0.4) is 0 Å². The second-order valence-electron chi connectivity index (χ2n) is 6.26. The molecule has 0 unspecified atom stereocenters.